The first-order valence-electron chi connectivity index (χ1n) is 4.08. The zero-order chi connectivity index (χ0) is 10.1. The van der Waals surface area contributed by atoms with Crippen LogP contribution in [0, 0.1) is 11.3 Å². The smallest absolute Gasteiger partial charge is 0.131 e. The average Bonchev–Trinajstić information content (AvgIpc) is 2.51. The Bertz CT molecular complexity index is 525. The predicted octanol–water partition coefficient (Wildman–Crippen LogP) is 2.70. The van der Waals surface area contributed by atoms with Crippen molar-refractivity contribution < 1.29 is 5.11 Å². The highest BCUT2D eigenvalue weighted by Crippen LogP contribution is 2.30. The minimum atomic E-state index is 0.197. The molecule has 1 aromatic carbocycles. The third kappa shape index (κ3) is 1.36. The van der Waals surface area contributed by atoms with E-state index in [0.717, 1.165) is 16.5 Å². The Morgan fingerprint density at radius 1 is 1.50 bits per heavy atom. The van der Waals surface area contributed by atoms with Gasteiger partial charge in [0.1, 0.15) is 5.75 Å². The Morgan fingerprint density at radius 3 is 3.00 bits per heavy atom. The topological polar surface area (TPSA) is 59.8 Å². The van der Waals surface area contributed by atoms with Crippen molar-refractivity contribution in [2.24, 2.45) is 0 Å². The van der Waals surface area contributed by atoms with Crippen molar-refractivity contribution in [1.82, 2.24) is 4.98 Å². The van der Waals surface area contributed by atoms with Crippen LogP contribution in [-0.2, 0) is 6.42 Å². The molecule has 0 unspecified atom stereocenters. The number of rotatable bonds is 1. The summed E-state index contributed by atoms with van der Waals surface area (Å²) in [6, 6.07) is 5.55. The van der Waals surface area contributed by atoms with Gasteiger partial charge in [0, 0.05) is 23.2 Å². The fraction of sp³-hybridized carbons (Fsp3) is 0.100. The minimum absolute atomic E-state index is 0.197. The normalized spacial score (nSPS) is 10.3. The first kappa shape index (κ1) is 9.10. The maximum Gasteiger partial charge on any atom is 0.131 e. The molecule has 0 bridgehead atoms. The summed E-state index contributed by atoms with van der Waals surface area (Å²) in [6.07, 6.45) is 2.16. The summed E-state index contributed by atoms with van der Waals surface area (Å²) in [4.78, 5) is 3.01. The van der Waals surface area contributed by atoms with Crippen LogP contribution in [-0.4, -0.2) is 10.1 Å². The molecule has 2 rings (SSSR count). The number of nitriles is 1. The molecule has 4 heteroatoms. The number of H-pyrrole nitrogens is 1. The molecule has 2 N–H and O–H groups in total. The summed E-state index contributed by atoms with van der Waals surface area (Å²) >= 11 is 3.24. The number of hydrogen-bond acceptors (Lipinski definition) is 2. The molecule has 0 aliphatic rings. The lowest BCUT2D eigenvalue weighted by molar-refractivity contribution is 0.473. The number of aromatic nitrogens is 1. The molecular weight excluding hydrogens is 244 g/mol. The second kappa shape index (κ2) is 3.35. The van der Waals surface area contributed by atoms with Crippen LogP contribution >= 0.6 is 15.9 Å². The third-order valence-electron chi connectivity index (χ3n) is 2.10. The molecule has 14 heavy (non-hydrogen) atoms. The summed E-state index contributed by atoms with van der Waals surface area (Å²) < 4.78 is 0.642. The molecule has 2 aromatic rings. The standard InChI is InChI=1S/C10H7BrN2O/c11-8-3-7-6(1-2-12)5-13-9(7)4-10(8)14/h3-5,13-14H,1H2. The van der Waals surface area contributed by atoms with E-state index in [4.69, 9.17) is 5.26 Å². The van der Waals surface area contributed by atoms with Crippen molar-refractivity contribution in [3.8, 4) is 11.8 Å². The van der Waals surface area contributed by atoms with Crippen LogP contribution in [0.3, 0.4) is 0 Å². The van der Waals surface area contributed by atoms with E-state index < -0.39 is 0 Å². The number of fused-ring (bicyclic) bond motifs is 1. The van der Waals surface area contributed by atoms with Crippen LogP contribution in [0.5, 0.6) is 5.75 Å². The first-order valence-corrected chi connectivity index (χ1v) is 4.87. The van der Waals surface area contributed by atoms with Crippen LogP contribution in [0.1, 0.15) is 5.56 Å². The quantitative estimate of drug-likeness (QED) is 0.818. The van der Waals surface area contributed by atoms with E-state index in [1.54, 1.807) is 12.3 Å². The highest BCUT2D eigenvalue weighted by Gasteiger charge is 2.06. The zero-order valence-corrected chi connectivity index (χ0v) is 8.80. The number of benzene rings is 1. The number of nitrogens with zero attached hydrogens (tertiary/aromatic N) is 1. The van der Waals surface area contributed by atoms with Gasteiger partial charge >= 0.3 is 0 Å². The van der Waals surface area contributed by atoms with E-state index in [2.05, 4.69) is 27.0 Å². The molecule has 0 aliphatic heterocycles. The monoisotopic (exact) mass is 250 g/mol. The molecule has 0 amide bonds. The largest absolute Gasteiger partial charge is 0.507 e. The van der Waals surface area contributed by atoms with Gasteiger partial charge in [0.25, 0.3) is 0 Å². The molecule has 0 saturated heterocycles. The highest BCUT2D eigenvalue weighted by molar-refractivity contribution is 9.10. The Hall–Kier alpha value is -1.47. The molecule has 70 valence electrons. The van der Waals surface area contributed by atoms with Gasteiger partial charge in [0.2, 0.25) is 0 Å². The minimum Gasteiger partial charge on any atom is -0.507 e. The van der Waals surface area contributed by atoms with Crippen molar-refractivity contribution in [3.05, 3.63) is 28.4 Å². The van der Waals surface area contributed by atoms with E-state index in [1.807, 2.05) is 6.07 Å². The summed E-state index contributed by atoms with van der Waals surface area (Å²) in [5.41, 5.74) is 1.79. The SMILES string of the molecule is N#CCc1c[nH]c2cc(O)c(Br)cc12. The van der Waals surface area contributed by atoms with Crippen LogP contribution in [0.2, 0.25) is 0 Å². The van der Waals surface area contributed by atoms with Crippen molar-refractivity contribution >= 4 is 26.8 Å². The van der Waals surface area contributed by atoms with Gasteiger partial charge in [-0.05, 0) is 27.6 Å². The highest BCUT2D eigenvalue weighted by atomic mass is 79.9. The lowest BCUT2D eigenvalue weighted by Gasteiger charge is -1.97. The average molecular weight is 251 g/mol. The summed E-state index contributed by atoms with van der Waals surface area (Å²) in [5, 5.41) is 19.0. The molecule has 0 aliphatic carbocycles. The van der Waals surface area contributed by atoms with Crippen LogP contribution in [0.15, 0.2) is 22.8 Å². The number of aromatic amines is 1. The van der Waals surface area contributed by atoms with E-state index in [1.165, 1.54) is 0 Å². The molecule has 3 nitrogen and oxygen atoms in total. The summed E-state index contributed by atoms with van der Waals surface area (Å²) in [7, 11) is 0. The predicted molar refractivity (Wildman–Crippen MR) is 57.0 cm³/mol. The van der Waals surface area contributed by atoms with Crippen molar-refractivity contribution in [1.29, 1.82) is 5.26 Å². The molecule has 1 aromatic heterocycles. The lowest BCUT2D eigenvalue weighted by Crippen LogP contribution is -1.77. The summed E-state index contributed by atoms with van der Waals surface area (Å²) in [6.45, 7) is 0. The molecule has 0 saturated carbocycles. The van der Waals surface area contributed by atoms with E-state index >= 15 is 0 Å². The molecule has 0 fully saturated rings. The van der Waals surface area contributed by atoms with Gasteiger partial charge in [-0.25, -0.2) is 0 Å². The lowest BCUT2D eigenvalue weighted by atomic mass is 10.1. The maximum absolute atomic E-state index is 9.42. The summed E-state index contributed by atoms with van der Waals surface area (Å²) in [5.74, 6) is 0.197. The van der Waals surface area contributed by atoms with Crippen molar-refractivity contribution in [3.63, 3.8) is 0 Å². The number of hydrogen-bond donors (Lipinski definition) is 2. The second-order valence-corrected chi connectivity index (χ2v) is 3.85. The Kier molecular flexibility index (Phi) is 2.18. The molecular formula is C10H7BrN2O. The van der Waals surface area contributed by atoms with Gasteiger partial charge in [0.05, 0.1) is 17.0 Å². The molecule has 0 spiro atoms. The number of halogens is 1. The van der Waals surface area contributed by atoms with Crippen molar-refractivity contribution in [2.75, 3.05) is 0 Å². The first-order chi connectivity index (χ1) is 6.72. The fourth-order valence-corrected chi connectivity index (χ4v) is 1.76. The maximum atomic E-state index is 9.42. The molecule has 0 radical (unpaired) electrons. The number of phenols is 1. The zero-order valence-electron chi connectivity index (χ0n) is 7.21. The fourth-order valence-electron chi connectivity index (χ4n) is 1.42. The van der Waals surface area contributed by atoms with Crippen molar-refractivity contribution in [2.45, 2.75) is 6.42 Å². The van der Waals surface area contributed by atoms with E-state index in [-0.39, 0.29) is 5.75 Å². The molecule has 1 heterocycles. The number of nitrogens with one attached hydrogen (secondary N) is 1. The van der Waals surface area contributed by atoms with Crippen LogP contribution < -0.4 is 0 Å². The van der Waals surface area contributed by atoms with Gasteiger partial charge in [-0.15, -0.1) is 0 Å². The Morgan fingerprint density at radius 2 is 2.29 bits per heavy atom. The van der Waals surface area contributed by atoms with Gasteiger partial charge < -0.3 is 10.1 Å². The van der Waals surface area contributed by atoms with Gasteiger partial charge in [-0.3, -0.25) is 0 Å². The van der Waals surface area contributed by atoms with Gasteiger partial charge in [0.15, 0.2) is 0 Å². The number of aromatic hydroxyl groups is 1. The molecule has 0 atom stereocenters. The third-order valence-corrected chi connectivity index (χ3v) is 2.74. The van der Waals surface area contributed by atoms with Crippen LogP contribution in [0.4, 0.5) is 0 Å². The van der Waals surface area contributed by atoms with E-state index in [9.17, 15) is 5.11 Å². The number of phenolic OH excluding ortho intramolecular Hbond substituents is 1. The second-order valence-electron chi connectivity index (χ2n) is 3.00. The van der Waals surface area contributed by atoms with Gasteiger partial charge in [-0.2, -0.15) is 5.26 Å². The Balaban J connectivity index is 2.69. The van der Waals surface area contributed by atoms with E-state index in [0.29, 0.717) is 10.9 Å². The van der Waals surface area contributed by atoms with Gasteiger partial charge in [-0.1, -0.05) is 0 Å². The van der Waals surface area contributed by atoms with Crippen LogP contribution in [0.25, 0.3) is 10.9 Å². The Labute approximate surface area is 89.1 Å².